The predicted octanol–water partition coefficient (Wildman–Crippen LogP) is 3.63. The Bertz CT molecular complexity index is 711. The second-order valence-corrected chi connectivity index (χ2v) is 5.46. The molecule has 1 aromatic carbocycles. The Balaban J connectivity index is 2.11. The minimum atomic E-state index is -0.619. The van der Waals surface area contributed by atoms with Crippen molar-refractivity contribution in [1.29, 1.82) is 0 Å². The van der Waals surface area contributed by atoms with Crippen LogP contribution in [0.25, 0.3) is 0 Å². The van der Waals surface area contributed by atoms with Gasteiger partial charge in [-0.05, 0) is 31.5 Å². The van der Waals surface area contributed by atoms with Gasteiger partial charge in [-0.2, -0.15) is 10.2 Å². The van der Waals surface area contributed by atoms with Crippen molar-refractivity contribution in [2.45, 2.75) is 20.4 Å². The summed E-state index contributed by atoms with van der Waals surface area (Å²) in [7, 11) is 0. The maximum atomic E-state index is 11.2. The van der Waals surface area contributed by atoms with Gasteiger partial charge in [0.05, 0.1) is 30.6 Å². The second-order valence-electron chi connectivity index (χ2n) is 4.66. The van der Waals surface area contributed by atoms with Crippen LogP contribution in [-0.2, 0) is 11.3 Å². The first-order valence-electron chi connectivity index (χ1n) is 6.94. The first kappa shape index (κ1) is 17.3. The number of aryl methyl sites for hydroxylation is 1. The molecule has 2 rings (SSSR count). The summed E-state index contributed by atoms with van der Waals surface area (Å²) in [6, 6.07) is 7.44. The van der Waals surface area contributed by atoms with Crippen LogP contribution >= 0.6 is 23.2 Å². The van der Waals surface area contributed by atoms with E-state index in [0.717, 1.165) is 5.56 Å². The van der Waals surface area contributed by atoms with E-state index in [2.05, 4.69) is 15.6 Å². The molecule has 0 radical (unpaired) electrons. The number of carbonyl (C=O) groups excluding carboxylic acids is 1. The third kappa shape index (κ3) is 4.71. The minimum Gasteiger partial charge on any atom is -0.449 e. The van der Waals surface area contributed by atoms with E-state index >= 15 is 0 Å². The number of benzene rings is 1. The Hall–Kier alpha value is -2.05. The number of hydrogen-bond donors (Lipinski definition) is 1. The third-order valence-electron chi connectivity index (χ3n) is 2.98. The Labute approximate surface area is 144 Å². The summed E-state index contributed by atoms with van der Waals surface area (Å²) in [6.07, 6.45) is 0.825. The molecule has 0 unspecified atom stereocenters. The second kappa shape index (κ2) is 7.99. The van der Waals surface area contributed by atoms with E-state index in [0.29, 0.717) is 28.0 Å². The van der Waals surface area contributed by atoms with Crippen LogP contribution in [0.3, 0.4) is 0 Å². The monoisotopic (exact) mass is 354 g/mol. The Morgan fingerprint density at radius 3 is 2.74 bits per heavy atom. The van der Waals surface area contributed by atoms with Crippen LogP contribution in [0, 0.1) is 6.92 Å². The van der Waals surface area contributed by atoms with Crippen molar-refractivity contribution in [3.05, 3.63) is 51.3 Å². The van der Waals surface area contributed by atoms with Crippen molar-refractivity contribution in [2.75, 3.05) is 6.61 Å². The van der Waals surface area contributed by atoms with Crippen molar-refractivity contribution in [3.63, 3.8) is 0 Å². The molecule has 0 atom stereocenters. The normalized spacial score (nSPS) is 11.0. The number of amides is 1. The number of ether oxygens (including phenoxy) is 1. The van der Waals surface area contributed by atoms with Gasteiger partial charge in [-0.15, -0.1) is 0 Å². The fourth-order valence-electron chi connectivity index (χ4n) is 1.89. The van der Waals surface area contributed by atoms with E-state index in [-0.39, 0.29) is 6.61 Å². The summed E-state index contributed by atoms with van der Waals surface area (Å²) in [5, 5.41) is 9.30. The average molecular weight is 355 g/mol. The summed E-state index contributed by atoms with van der Waals surface area (Å²) >= 11 is 12.2. The zero-order valence-electron chi connectivity index (χ0n) is 12.7. The molecule has 0 saturated carbocycles. The third-order valence-corrected chi connectivity index (χ3v) is 3.63. The molecule has 1 heterocycles. The summed E-state index contributed by atoms with van der Waals surface area (Å²) in [5.74, 6) is 0. The maximum absolute atomic E-state index is 11.2. The van der Waals surface area contributed by atoms with Crippen molar-refractivity contribution in [1.82, 2.24) is 15.2 Å². The zero-order chi connectivity index (χ0) is 16.8. The van der Waals surface area contributed by atoms with Gasteiger partial charge in [0.15, 0.2) is 0 Å². The van der Waals surface area contributed by atoms with E-state index in [9.17, 15) is 4.79 Å². The Kier molecular flexibility index (Phi) is 6.01. The molecule has 1 amide bonds. The molecule has 0 aliphatic rings. The van der Waals surface area contributed by atoms with E-state index in [1.165, 1.54) is 6.21 Å². The molecule has 122 valence electrons. The van der Waals surface area contributed by atoms with Crippen LogP contribution in [0.4, 0.5) is 4.79 Å². The largest absolute Gasteiger partial charge is 0.449 e. The quantitative estimate of drug-likeness (QED) is 0.658. The highest BCUT2D eigenvalue weighted by Gasteiger charge is 2.12. The summed E-state index contributed by atoms with van der Waals surface area (Å²) in [4.78, 5) is 11.2. The van der Waals surface area contributed by atoms with Gasteiger partial charge in [0.2, 0.25) is 0 Å². The first-order chi connectivity index (χ1) is 11.0. The molecular weight excluding hydrogens is 339 g/mol. The van der Waals surface area contributed by atoms with Crippen LogP contribution in [0.1, 0.15) is 23.7 Å². The highest BCUT2D eigenvalue weighted by Crippen LogP contribution is 2.19. The number of carbonyl (C=O) groups is 1. The van der Waals surface area contributed by atoms with Crippen molar-refractivity contribution >= 4 is 35.5 Å². The fourth-order valence-corrected chi connectivity index (χ4v) is 2.30. The number of aromatic nitrogens is 2. The molecule has 0 saturated heterocycles. The standard InChI is InChI=1S/C15H16Cl2N4O2/c1-3-23-15(22)19-18-8-13-10(2)20-21(14(13)17)9-11-4-6-12(16)7-5-11/h4-8H,3,9H2,1-2H3,(H,19,22). The molecule has 0 fully saturated rings. The van der Waals surface area contributed by atoms with Gasteiger partial charge in [0.1, 0.15) is 5.15 Å². The molecule has 8 heteroatoms. The summed E-state index contributed by atoms with van der Waals surface area (Å²) < 4.78 is 6.36. The number of nitrogens with one attached hydrogen (secondary N) is 1. The number of nitrogens with zero attached hydrogens (tertiary/aromatic N) is 3. The number of rotatable bonds is 5. The van der Waals surface area contributed by atoms with Crippen molar-refractivity contribution in [3.8, 4) is 0 Å². The van der Waals surface area contributed by atoms with Crippen LogP contribution < -0.4 is 5.43 Å². The van der Waals surface area contributed by atoms with Gasteiger partial charge in [0.25, 0.3) is 0 Å². The first-order valence-corrected chi connectivity index (χ1v) is 7.70. The topological polar surface area (TPSA) is 68.5 Å². The van der Waals surface area contributed by atoms with Gasteiger partial charge < -0.3 is 4.74 Å². The molecule has 0 spiro atoms. The molecular formula is C15H16Cl2N4O2. The molecule has 23 heavy (non-hydrogen) atoms. The van der Waals surface area contributed by atoms with Crippen LogP contribution in [0.15, 0.2) is 29.4 Å². The van der Waals surface area contributed by atoms with Gasteiger partial charge in [-0.25, -0.2) is 14.9 Å². The van der Waals surface area contributed by atoms with Crippen LogP contribution in [-0.4, -0.2) is 28.7 Å². The SMILES string of the molecule is CCOC(=O)NN=Cc1c(C)nn(Cc2ccc(Cl)cc2)c1Cl. The smallest absolute Gasteiger partial charge is 0.427 e. The number of hydrogen-bond acceptors (Lipinski definition) is 4. The van der Waals surface area contributed by atoms with Gasteiger partial charge >= 0.3 is 6.09 Å². The van der Waals surface area contributed by atoms with E-state index < -0.39 is 6.09 Å². The van der Waals surface area contributed by atoms with E-state index in [4.69, 9.17) is 27.9 Å². The minimum absolute atomic E-state index is 0.278. The highest BCUT2D eigenvalue weighted by atomic mass is 35.5. The van der Waals surface area contributed by atoms with Crippen molar-refractivity contribution in [2.24, 2.45) is 5.10 Å². The lowest BCUT2D eigenvalue weighted by atomic mass is 10.2. The lowest BCUT2D eigenvalue weighted by molar-refractivity contribution is 0.152. The molecule has 6 nitrogen and oxygen atoms in total. The Morgan fingerprint density at radius 2 is 2.09 bits per heavy atom. The maximum Gasteiger partial charge on any atom is 0.427 e. The predicted molar refractivity (Wildman–Crippen MR) is 90.3 cm³/mol. The Morgan fingerprint density at radius 1 is 1.39 bits per heavy atom. The van der Waals surface area contributed by atoms with E-state index in [1.54, 1.807) is 11.6 Å². The number of hydrazone groups is 1. The van der Waals surface area contributed by atoms with Gasteiger partial charge in [-0.3, -0.25) is 0 Å². The molecule has 0 aliphatic heterocycles. The molecule has 0 bridgehead atoms. The van der Waals surface area contributed by atoms with Crippen LogP contribution in [0.5, 0.6) is 0 Å². The molecule has 1 N–H and O–H groups in total. The highest BCUT2D eigenvalue weighted by molar-refractivity contribution is 6.32. The molecule has 1 aromatic heterocycles. The van der Waals surface area contributed by atoms with Crippen molar-refractivity contribution < 1.29 is 9.53 Å². The molecule has 0 aliphatic carbocycles. The van der Waals surface area contributed by atoms with Gasteiger partial charge in [-0.1, -0.05) is 35.3 Å². The lowest BCUT2D eigenvalue weighted by Gasteiger charge is -2.03. The van der Waals surface area contributed by atoms with E-state index in [1.807, 2.05) is 31.2 Å². The average Bonchev–Trinajstić information content (AvgIpc) is 2.77. The van der Waals surface area contributed by atoms with Gasteiger partial charge in [0, 0.05) is 5.02 Å². The fraction of sp³-hybridized carbons (Fsp3) is 0.267. The summed E-state index contributed by atoms with van der Waals surface area (Å²) in [6.45, 7) is 4.32. The molecule has 2 aromatic rings. The summed E-state index contributed by atoms with van der Waals surface area (Å²) in [5.41, 5.74) is 4.61. The zero-order valence-corrected chi connectivity index (χ0v) is 14.2. The van der Waals surface area contributed by atoms with Crippen LogP contribution in [0.2, 0.25) is 10.2 Å². The lowest BCUT2D eigenvalue weighted by Crippen LogP contribution is -2.18. The number of halogens is 2.